The van der Waals surface area contributed by atoms with E-state index in [9.17, 15) is 0 Å². The smallest absolute Gasteiger partial charge is 0.194 e. The number of rotatable bonds is 3. The Morgan fingerprint density at radius 1 is 1.45 bits per heavy atom. The van der Waals surface area contributed by atoms with Crippen molar-refractivity contribution in [2.45, 2.75) is 25.1 Å². The van der Waals surface area contributed by atoms with Crippen molar-refractivity contribution in [1.82, 2.24) is 15.2 Å². The van der Waals surface area contributed by atoms with Gasteiger partial charge in [-0.25, -0.2) is 0 Å². The van der Waals surface area contributed by atoms with Gasteiger partial charge in [-0.3, -0.25) is 4.99 Å². The molecule has 0 saturated carbocycles. The highest BCUT2D eigenvalue weighted by molar-refractivity contribution is 8.00. The van der Waals surface area contributed by atoms with E-state index in [1.54, 1.807) is 0 Å². The molecule has 1 aromatic carbocycles. The zero-order chi connectivity index (χ0) is 15.4. The van der Waals surface area contributed by atoms with Gasteiger partial charge in [0, 0.05) is 42.4 Å². The van der Waals surface area contributed by atoms with E-state index < -0.39 is 0 Å². The van der Waals surface area contributed by atoms with Gasteiger partial charge in [0.05, 0.1) is 6.54 Å². The highest BCUT2D eigenvalue weighted by Crippen LogP contribution is 2.21. The summed E-state index contributed by atoms with van der Waals surface area (Å²) in [6.07, 6.45) is 1.22. The Morgan fingerprint density at radius 2 is 2.32 bits per heavy atom. The minimum absolute atomic E-state index is 0.723. The van der Waals surface area contributed by atoms with Crippen LogP contribution in [0, 0.1) is 0 Å². The number of guanidine groups is 1. The van der Waals surface area contributed by atoms with Crippen molar-refractivity contribution in [3.8, 4) is 0 Å². The predicted octanol–water partition coefficient (Wildman–Crippen LogP) is 3.07. The second-order valence-electron chi connectivity index (χ2n) is 5.63. The van der Waals surface area contributed by atoms with Gasteiger partial charge < -0.3 is 15.2 Å². The Hall–Kier alpha value is -1.62. The van der Waals surface area contributed by atoms with Crippen LogP contribution >= 0.6 is 11.8 Å². The number of nitrogens with zero attached hydrogens (tertiary/aromatic N) is 2. The maximum absolute atomic E-state index is 4.46. The minimum Gasteiger partial charge on any atom is -0.357 e. The summed E-state index contributed by atoms with van der Waals surface area (Å²) in [6.45, 7) is 5.21. The van der Waals surface area contributed by atoms with Gasteiger partial charge in [-0.1, -0.05) is 25.1 Å². The van der Waals surface area contributed by atoms with Gasteiger partial charge in [-0.15, -0.1) is 0 Å². The maximum Gasteiger partial charge on any atom is 0.194 e. The average Bonchev–Trinajstić information content (AvgIpc) is 2.98. The van der Waals surface area contributed by atoms with E-state index in [1.165, 1.54) is 28.8 Å². The number of para-hydroxylation sites is 1. The first-order valence-corrected chi connectivity index (χ1v) is 8.99. The highest BCUT2D eigenvalue weighted by atomic mass is 32.2. The maximum atomic E-state index is 4.46. The zero-order valence-electron chi connectivity index (χ0n) is 13.3. The minimum atomic E-state index is 0.723. The van der Waals surface area contributed by atoms with Crippen molar-refractivity contribution in [2.24, 2.45) is 4.99 Å². The number of H-pyrrole nitrogens is 1. The van der Waals surface area contributed by atoms with Gasteiger partial charge in [0.1, 0.15) is 0 Å². The third-order valence-corrected chi connectivity index (χ3v) is 5.50. The second-order valence-corrected chi connectivity index (χ2v) is 7.04. The van der Waals surface area contributed by atoms with Gasteiger partial charge in [-0.05, 0) is 23.9 Å². The third-order valence-electron chi connectivity index (χ3n) is 4.13. The fraction of sp³-hybridized carbons (Fsp3) is 0.471. The molecule has 4 nitrogen and oxygen atoms in total. The molecule has 1 fully saturated rings. The molecule has 1 aromatic heterocycles. The molecule has 0 spiro atoms. The van der Waals surface area contributed by atoms with Gasteiger partial charge in [0.15, 0.2) is 5.96 Å². The Bertz CT molecular complexity index is 616. The predicted molar refractivity (Wildman–Crippen MR) is 96.6 cm³/mol. The Kier molecular flexibility index (Phi) is 4.93. The number of aromatic amines is 1. The van der Waals surface area contributed by atoms with E-state index in [1.807, 2.05) is 7.05 Å². The summed E-state index contributed by atoms with van der Waals surface area (Å²) in [6, 6.07) is 10.6. The van der Waals surface area contributed by atoms with E-state index >= 15 is 0 Å². The van der Waals surface area contributed by atoms with Gasteiger partial charge in [-0.2, -0.15) is 11.8 Å². The van der Waals surface area contributed by atoms with Crippen molar-refractivity contribution in [2.75, 3.05) is 25.9 Å². The van der Waals surface area contributed by atoms with Crippen LogP contribution in [0.1, 0.15) is 19.0 Å². The van der Waals surface area contributed by atoms with Crippen LogP contribution in [0.5, 0.6) is 0 Å². The van der Waals surface area contributed by atoms with Crippen molar-refractivity contribution in [3.63, 3.8) is 0 Å². The number of hydrogen-bond acceptors (Lipinski definition) is 2. The molecule has 0 bridgehead atoms. The van der Waals surface area contributed by atoms with Gasteiger partial charge >= 0.3 is 0 Å². The largest absolute Gasteiger partial charge is 0.357 e. The summed E-state index contributed by atoms with van der Waals surface area (Å²) < 4.78 is 0. The molecule has 1 atom stereocenters. The number of benzene rings is 1. The van der Waals surface area contributed by atoms with Crippen LogP contribution in [0.3, 0.4) is 0 Å². The molecule has 2 aromatic rings. The SMILES string of the molecule is CCC1CN(C(=NC)NCc2cc3ccccc3[nH]2)CCS1. The van der Waals surface area contributed by atoms with Crippen molar-refractivity contribution in [3.05, 3.63) is 36.0 Å². The molecule has 0 aliphatic carbocycles. The molecule has 0 amide bonds. The molecular weight excluding hydrogens is 292 g/mol. The summed E-state index contributed by atoms with van der Waals surface area (Å²) in [5.74, 6) is 2.20. The summed E-state index contributed by atoms with van der Waals surface area (Å²) in [7, 11) is 1.87. The average molecular weight is 316 g/mol. The van der Waals surface area contributed by atoms with Crippen LogP contribution in [0.2, 0.25) is 0 Å². The molecule has 1 aliphatic heterocycles. The summed E-state index contributed by atoms with van der Waals surface area (Å²) >= 11 is 2.08. The molecule has 5 heteroatoms. The number of aliphatic imine (C=N–C) groups is 1. The molecule has 1 unspecified atom stereocenters. The number of fused-ring (bicyclic) bond motifs is 1. The van der Waals surface area contributed by atoms with Crippen LogP contribution < -0.4 is 5.32 Å². The van der Waals surface area contributed by atoms with Crippen molar-refractivity contribution >= 4 is 28.6 Å². The van der Waals surface area contributed by atoms with Crippen LogP contribution in [-0.2, 0) is 6.54 Å². The lowest BCUT2D eigenvalue weighted by atomic mass is 10.2. The fourth-order valence-corrected chi connectivity index (χ4v) is 4.07. The molecule has 2 heterocycles. The fourth-order valence-electron chi connectivity index (χ4n) is 2.89. The van der Waals surface area contributed by atoms with E-state index in [0.717, 1.165) is 30.8 Å². The number of thioether (sulfide) groups is 1. The number of hydrogen-bond donors (Lipinski definition) is 2. The Balaban J connectivity index is 1.63. The summed E-state index contributed by atoms with van der Waals surface area (Å²) in [5.41, 5.74) is 2.38. The quantitative estimate of drug-likeness (QED) is 0.675. The molecule has 118 valence electrons. The lowest BCUT2D eigenvalue weighted by Gasteiger charge is -2.34. The summed E-state index contributed by atoms with van der Waals surface area (Å²) in [4.78, 5) is 10.3. The highest BCUT2D eigenvalue weighted by Gasteiger charge is 2.21. The molecule has 1 saturated heterocycles. The monoisotopic (exact) mass is 316 g/mol. The molecule has 22 heavy (non-hydrogen) atoms. The topological polar surface area (TPSA) is 43.4 Å². The normalized spacial score (nSPS) is 19.6. The molecule has 1 aliphatic rings. The van der Waals surface area contributed by atoms with E-state index in [4.69, 9.17) is 0 Å². The van der Waals surface area contributed by atoms with Crippen molar-refractivity contribution in [1.29, 1.82) is 0 Å². The van der Waals surface area contributed by atoms with Gasteiger partial charge in [0.2, 0.25) is 0 Å². The van der Waals surface area contributed by atoms with E-state index in [0.29, 0.717) is 0 Å². The number of nitrogens with one attached hydrogen (secondary N) is 2. The second kappa shape index (κ2) is 7.09. The molecule has 2 N–H and O–H groups in total. The van der Waals surface area contributed by atoms with Gasteiger partial charge in [0.25, 0.3) is 0 Å². The lowest BCUT2D eigenvalue weighted by Crippen LogP contribution is -2.47. The molecular formula is C17H24N4S. The third kappa shape index (κ3) is 3.40. The van der Waals surface area contributed by atoms with Crippen LogP contribution in [-0.4, -0.2) is 47.0 Å². The molecule has 3 rings (SSSR count). The molecule has 0 radical (unpaired) electrons. The first kappa shape index (κ1) is 15.3. The first-order chi connectivity index (χ1) is 10.8. The number of aromatic nitrogens is 1. The lowest BCUT2D eigenvalue weighted by molar-refractivity contribution is 0.408. The standard InChI is InChI=1S/C17H24N4S/c1-3-15-12-21(8-9-22-15)17(18-2)19-11-14-10-13-6-4-5-7-16(13)20-14/h4-7,10,15,20H,3,8-9,11-12H2,1-2H3,(H,18,19). The van der Waals surface area contributed by atoms with Crippen LogP contribution in [0.4, 0.5) is 0 Å². The Labute approximate surface area is 136 Å². The van der Waals surface area contributed by atoms with Crippen molar-refractivity contribution < 1.29 is 0 Å². The Morgan fingerprint density at radius 3 is 3.09 bits per heavy atom. The zero-order valence-corrected chi connectivity index (χ0v) is 14.1. The van der Waals surface area contributed by atoms with E-state index in [-0.39, 0.29) is 0 Å². The van der Waals surface area contributed by atoms with Crippen LogP contribution in [0.15, 0.2) is 35.3 Å². The summed E-state index contributed by atoms with van der Waals surface area (Å²) in [5, 5.41) is 5.48. The van der Waals surface area contributed by atoms with E-state index in [2.05, 4.69) is 69.2 Å². The first-order valence-electron chi connectivity index (χ1n) is 7.94. The van der Waals surface area contributed by atoms with Crippen LogP contribution in [0.25, 0.3) is 10.9 Å².